The highest BCUT2D eigenvalue weighted by molar-refractivity contribution is 5.79. The van der Waals surface area contributed by atoms with E-state index in [-0.39, 0.29) is 18.5 Å². The van der Waals surface area contributed by atoms with Crippen molar-refractivity contribution in [3.8, 4) is 0 Å². The Morgan fingerprint density at radius 3 is 2.30 bits per heavy atom. The number of aliphatic hydroxyl groups is 1. The molecule has 1 atom stereocenters. The predicted octanol–water partition coefficient (Wildman–Crippen LogP) is -0.868. The van der Waals surface area contributed by atoms with Gasteiger partial charge in [0.05, 0.1) is 6.54 Å². The maximum Gasteiger partial charge on any atom is 0.337 e. The molecule has 1 unspecified atom stereocenters. The van der Waals surface area contributed by atoms with E-state index >= 15 is 0 Å². The first-order chi connectivity index (χ1) is 9.22. The Balaban J connectivity index is 2.36. The number of urea groups is 1. The molecule has 0 radical (unpaired) electrons. The summed E-state index contributed by atoms with van der Waals surface area (Å²) < 4.78 is 0. The molecule has 3 amide bonds. The first-order valence-electron chi connectivity index (χ1n) is 6.48. The minimum absolute atomic E-state index is 0.0682. The van der Waals surface area contributed by atoms with Gasteiger partial charge in [0.2, 0.25) is 5.91 Å². The van der Waals surface area contributed by atoms with Gasteiger partial charge in [-0.15, -0.1) is 0 Å². The van der Waals surface area contributed by atoms with Crippen LogP contribution >= 0.6 is 0 Å². The largest absolute Gasteiger partial charge is 0.479 e. The van der Waals surface area contributed by atoms with Gasteiger partial charge in [-0.3, -0.25) is 4.79 Å². The summed E-state index contributed by atoms with van der Waals surface area (Å²) in [7, 11) is 0. The molecule has 1 fully saturated rings. The van der Waals surface area contributed by atoms with Crippen LogP contribution in [0.4, 0.5) is 4.79 Å². The van der Waals surface area contributed by atoms with Gasteiger partial charge < -0.3 is 25.7 Å². The molecule has 8 nitrogen and oxygen atoms in total. The highest BCUT2D eigenvalue weighted by Gasteiger charge is 2.31. The molecule has 114 valence electrons. The van der Waals surface area contributed by atoms with Crippen LogP contribution < -0.4 is 10.6 Å². The van der Waals surface area contributed by atoms with Crippen molar-refractivity contribution < 1.29 is 24.6 Å². The number of nitrogens with one attached hydrogen (secondary N) is 2. The predicted molar refractivity (Wildman–Crippen MR) is 70.1 cm³/mol. The van der Waals surface area contributed by atoms with E-state index < -0.39 is 17.6 Å². The maximum absolute atomic E-state index is 11.8. The van der Waals surface area contributed by atoms with Gasteiger partial charge in [0.1, 0.15) is 0 Å². The zero-order valence-electron chi connectivity index (χ0n) is 11.7. The van der Waals surface area contributed by atoms with Gasteiger partial charge in [0.25, 0.3) is 0 Å². The van der Waals surface area contributed by atoms with Crippen LogP contribution in [0.1, 0.15) is 26.7 Å². The average Bonchev–Trinajstić information content (AvgIpc) is 2.36. The number of hydrogen-bond donors (Lipinski definition) is 4. The molecule has 0 bridgehead atoms. The highest BCUT2D eigenvalue weighted by Crippen LogP contribution is 2.10. The molecule has 1 heterocycles. The molecule has 0 spiro atoms. The number of piperidine rings is 1. The molecule has 8 heteroatoms. The van der Waals surface area contributed by atoms with Crippen molar-refractivity contribution in [3.63, 3.8) is 0 Å². The number of hydrogen-bond acceptors (Lipinski definition) is 4. The van der Waals surface area contributed by atoms with Crippen molar-refractivity contribution in [2.24, 2.45) is 0 Å². The van der Waals surface area contributed by atoms with Crippen LogP contribution in [0.5, 0.6) is 0 Å². The minimum atomic E-state index is -1.98. The molecule has 1 rings (SSSR count). The molecule has 1 saturated heterocycles. The van der Waals surface area contributed by atoms with Crippen LogP contribution in [-0.4, -0.2) is 64.3 Å². The normalized spacial score (nSPS) is 19.1. The Bertz CT molecular complexity index is 389. The third-order valence-corrected chi connectivity index (χ3v) is 3.23. The van der Waals surface area contributed by atoms with Crippen molar-refractivity contribution >= 4 is 17.9 Å². The number of likely N-dealkylation sites (tertiary alicyclic amines) is 1. The zero-order valence-corrected chi connectivity index (χ0v) is 11.7. The Morgan fingerprint density at radius 1 is 1.30 bits per heavy atom. The van der Waals surface area contributed by atoms with Crippen molar-refractivity contribution in [2.75, 3.05) is 19.6 Å². The smallest absolute Gasteiger partial charge is 0.337 e. The van der Waals surface area contributed by atoms with E-state index in [4.69, 9.17) is 5.11 Å². The second-order valence-corrected chi connectivity index (χ2v) is 5.20. The van der Waals surface area contributed by atoms with Gasteiger partial charge in [-0.1, -0.05) is 0 Å². The molecule has 0 aromatic heterocycles. The summed E-state index contributed by atoms with van der Waals surface area (Å²) >= 11 is 0. The third-order valence-electron chi connectivity index (χ3n) is 3.23. The first-order valence-corrected chi connectivity index (χ1v) is 6.48. The number of carbonyl (C=O) groups is 3. The molecule has 0 aliphatic carbocycles. The quantitative estimate of drug-likeness (QED) is 0.536. The number of nitrogens with zero attached hydrogens (tertiary/aromatic N) is 1. The summed E-state index contributed by atoms with van der Waals surface area (Å²) in [5.41, 5.74) is -1.98. The fourth-order valence-electron chi connectivity index (χ4n) is 1.95. The van der Waals surface area contributed by atoms with E-state index in [2.05, 4.69) is 10.6 Å². The SMILES string of the molecule is CC(=O)NC1CCN(C(=O)NCC(C)(O)C(=O)O)CC1. The molecule has 0 aromatic carbocycles. The minimum Gasteiger partial charge on any atom is -0.479 e. The lowest BCUT2D eigenvalue weighted by atomic mass is 10.1. The number of amides is 3. The van der Waals surface area contributed by atoms with Crippen molar-refractivity contribution in [1.29, 1.82) is 0 Å². The van der Waals surface area contributed by atoms with Gasteiger partial charge in [-0.2, -0.15) is 0 Å². The molecule has 0 aromatic rings. The summed E-state index contributed by atoms with van der Waals surface area (Å²) in [6.45, 7) is 3.18. The van der Waals surface area contributed by atoms with E-state index in [1.165, 1.54) is 11.8 Å². The number of carboxylic acid groups (broad SMARTS) is 1. The van der Waals surface area contributed by atoms with Crippen LogP contribution in [0.3, 0.4) is 0 Å². The fraction of sp³-hybridized carbons (Fsp3) is 0.750. The summed E-state index contributed by atoms with van der Waals surface area (Å²) in [5, 5.41) is 23.4. The Labute approximate surface area is 117 Å². The number of rotatable bonds is 4. The Hall–Kier alpha value is -1.83. The molecule has 0 saturated carbocycles. The highest BCUT2D eigenvalue weighted by atomic mass is 16.4. The third kappa shape index (κ3) is 4.69. The second-order valence-electron chi connectivity index (χ2n) is 5.20. The lowest BCUT2D eigenvalue weighted by Crippen LogP contribution is -2.53. The summed E-state index contributed by atoms with van der Waals surface area (Å²) in [6, 6.07) is -0.341. The maximum atomic E-state index is 11.8. The lowest BCUT2D eigenvalue weighted by Gasteiger charge is -2.32. The van der Waals surface area contributed by atoms with Crippen molar-refractivity contribution in [1.82, 2.24) is 15.5 Å². The standard InChI is InChI=1S/C12H21N3O5/c1-8(16)14-9-3-5-15(6-4-9)11(19)13-7-12(2,20)10(17)18/h9,20H,3-7H2,1-2H3,(H,13,19)(H,14,16)(H,17,18). The van der Waals surface area contributed by atoms with E-state index in [1.807, 2.05) is 0 Å². The van der Waals surface area contributed by atoms with Crippen molar-refractivity contribution in [2.45, 2.75) is 38.3 Å². The topological polar surface area (TPSA) is 119 Å². The second kappa shape index (κ2) is 6.56. The molecule has 4 N–H and O–H groups in total. The summed E-state index contributed by atoms with van der Waals surface area (Å²) in [4.78, 5) is 35.0. The zero-order chi connectivity index (χ0) is 15.3. The number of aliphatic carboxylic acids is 1. The molecular weight excluding hydrogens is 266 g/mol. The molecule has 1 aliphatic heterocycles. The molecular formula is C12H21N3O5. The van der Waals surface area contributed by atoms with E-state index in [9.17, 15) is 19.5 Å². The van der Waals surface area contributed by atoms with E-state index in [1.54, 1.807) is 0 Å². The summed E-state index contributed by atoms with van der Waals surface area (Å²) in [5.74, 6) is -1.48. The summed E-state index contributed by atoms with van der Waals surface area (Å²) in [6.07, 6.45) is 1.31. The van der Waals surface area contributed by atoms with Gasteiger partial charge in [0.15, 0.2) is 5.60 Å². The lowest BCUT2D eigenvalue weighted by molar-refractivity contribution is -0.155. The Morgan fingerprint density at radius 2 is 1.85 bits per heavy atom. The number of carboxylic acids is 1. The van der Waals surface area contributed by atoms with E-state index in [0.717, 1.165) is 6.92 Å². The Kier molecular flexibility index (Phi) is 5.32. The number of carbonyl (C=O) groups excluding carboxylic acids is 2. The van der Waals surface area contributed by atoms with Gasteiger partial charge >= 0.3 is 12.0 Å². The fourth-order valence-corrected chi connectivity index (χ4v) is 1.95. The molecule has 20 heavy (non-hydrogen) atoms. The van der Waals surface area contributed by atoms with Crippen molar-refractivity contribution in [3.05, 3.63) is 0 Å². The monoisotopic (exact) mass is 287 g/mol. The van der Waals surface area contributed by atoms with Crippen LogP contribution in [0, 0.1) is 0 Å². The van der Waals surface area contributed by atoms with Crippen LogP contribution in [-0.2, 0) is 9.59 Å². The van der Waals surface area contributed by atoms with Gasteiger partial charge in [-0.25, -0.2) is 9.59 Å². The van der Waals surface area contributed by atoms with Crippen LogP contribution in [0.2, 0.25) is 0 Å². The van der Waals surface area contributed by atoms with E-state index in [0.29, 0.717) is 25.9 Å². The van der Waals surface area contributed by atoms with Crippen LogP contribution in [0.15, 0.2) is 0 Å². The van der Waals surface area contributed by atoms with Gasteiger partial charge in [-0.05, 0) is 19.8 Å². The van der Waals surface area contributed by atoms with Gasteiger partial charge in [0, 0.05) is 26.1 Å². The van der Waals surface area contributed by atoms with Crippen LogP contribution in [0.25, 0.3) is 0 Å². The average molecular weight is 287 g/mol. The first kappa shape index (κ1) is 16.2. The molecule has 1 aliphatic rings.